The van der Waals surface area contributed by atoms with E-state index >= 15 is 0 Å². The molecule has 1 fully saturated rings. The molecule has 0 aliphatic carbocycles. The highest BCUT2D eigenvalue weighted by Crippen LogP contribution is 2.36. The summed E-state index contributed by atoms with van der Waals surface area (Å²) >= 11 is 6.05. The van der Waals surface area contributed by atoms with Crippen molar-refractivity contribution in [3.63, 3.8) is 0 Å². The zero-order chi connectivity index (χ0) is 25.9. The van der Waals surface area contributed by atoms with Gasteiger partial charge in [0.25, 0.3) is 5.91 Å². The number of allylic oxidation sites excluding steroid dienone is 6. The van der Waals surface area contributed by atoms with Crippen LogP contribution in [0.3, 0.4) is 0 Å². The predicted molar refractivity (Wildman–Crippen MR) is 153 cm³/mol. The van der Waals surface area contributed by atoms with Crippen LogP contribution in [-0.4, -0.2) is 23.9 Å². The zero-order valence-electron chi connectivity index (χ0n) is 21.6. The Kier molecular flexibility index (Phi) is 7.38. The summed E-state index contributed by atoms with van der Waals surface area (Å²) in [4.78, 5) is 17.8. The van der Waals surface area contributed by atoms with Gasteiger partial charge in [0.15, 0.2) is 0 Å². The van der Waals surface area contributed by atoms with Gasteiger partial charge in [-0.2, -0.15) is 0 Å². The molecule has 1 amide bonds. The summed E-state index contributed by atoms with van der Waals surface area (Å²) in [6.07, 6.45) is 11.1. The van der Waals surface area contributed by atoms with E-state index in [0.29, 0.717) is 18.2 Å². The minimum atomic E-state index is -0.0729. The van der Waals surface area contributed by atoms with Crippen LogP contribution >= 0.6 is 11.6 Å². The van der Waals surface area contributed by atoms with Crippen LogP contribution in [0.2, 0.25) is 5.02 Å². The van der Waals surface area contributed by atoms with Crippen LogP contribution in [-0.2, 0) is 11.3 Å². The first-order valence-electron chi connectivity index (χ1n) is 13.1. The molecule has 5 rings (SSSR count). The Balaban J connectivity index is 1.20. The number of nitrogens with zero attached hydrogens (tertiary/aromatic N) is 2. The normalized spacial score (nSPS) is 18.0. The maximum atomic E-state index is 13.4. The van der Waals surface area contributed by atoms with E-state index in [1.807, 2.05) is 29.3 Å². The Morgan fingerprint density at radius 2 is 1.78 bits per heavy atom. The van der Waals surface area contributed by atoms with Crippen molar-refractivity contribution in [2.45, 2.75) is 45.6 Å². The first-order valence-corrected chi connectivity index (χ1v) is 13.5. The lowest BCUT2D eigenvalue weighted by Gasteiger charge is -2.34. The van der Waals surface area contributed by atoms with E-state index in [2.05, 4.69) is 79.2 Å². The summed E-state index contributed by atoms with van der Waals surface area (Å²) in [7, 11) is 0. The fourth-order valence-electron chi connectivity index (χ4n) is 5.49. The highest BCUT2D eigenvalue weighted by atomic mass is 35.5. The van der Waals surface area contributed by atoms with Gasteiger partial charge in [0.1, 0.15) is 5.70 Å². The Labute approximate surface area is 225 Å². The lowest BCUT2D eigenvalue weighted by molar-refractivity contribution is -0.118. The molecule has 37 heavy (non-hydrogen) atoms. The van der Waals surface area contributed by atoms with Gasteiger partial charge in [-0.25, -0.2) is 0 Å². The van der Waals surface area contributed by atoms with E-state index < -0.39 is 0 Å². The topological polar surface area (TPSA) is 35.6 Å². The first-order chi connectivity index (χ1) is 17.9. The number of piperidine rings is 1. The highest BCUT2D eigenvalue weighted by molar-refractivity contribution is 6.30. The van der Waals surface area contributed by atoms with Gasteiger partial charge in [-0.05, 0) is 96.4 Å². The molecule has 4 nitrogen and oxygen atoms in total. The van der Waals surface area contributed by atoms with E-state index in [4.69, 9.17) is 11.6 Å². The number of anilines is 1. The van der Waals surface area contributed by atoms with Crippen LogP contribution in [0, 0.1) is 0 Å². The minimum Gasteiger partial charge on any atom is -0.371 e. The van der Waals surface area contributed by atoms with Crippen LogP contribution in [0.1, 0.15) is 50.2 Å². The fourth-order valence-corrected chi connectivity index (χ4v) is 5.62. The molecule has 0 unspecified atom stereocenters. The van der Waals surface area contributed by atoms with E-state index in [0.717, 1.165) is 65.4 Å². The van der Waals surface area contributed by atoms with Crippen LogP contribution in [0.15, 0.2) is 108 Å². The average Bonchev–Trinajstić information content (AvgIpc) is 2.92. The monoisotopic (exact) mass is 511 g/mol. The smallest absolute Gasteiger partial charge is 0.268 e. The number of rotatable bonds is 6. The molecule has 2 aromatic carbocycles. The molecule has 0 aromatic heterocycles. The summed E-state index contributed by atoms with van der Waals surface area (Å²) < 4.78 is 0. The van der Waals surface area contributed by atoms with Gasteiger partial charge >= 0.3 is 0 Å². The van der Waals surface area contributed by atoms with Gasteiger partial charge in [-0.1, -0.05) is 55.4 Å². The maximum absolute atomic E-state index is 13.4. The largest absolute Gasteiger partial charge is 0.371 e. The SMILES string of the molecule is C=C1C=C2C(C)=CC=CN2C(C(=O)NCc2ccc(N3CCC(c4ccc(Cl)cc4)CC3)cc2)=C1CC. The van der Waals surface area contributed by atoms with E-state index in [1.165, 1.54) is 11.3 Å². The van der Waals surface area contributed by atoms with Crippen molar-refractivity contribution in [3.05, 3.63) is 124 Å². The number of fused-ring (bicyclic) bond motifs is 1. The predicted octanol–water partition coefficient (Wildman–Crippen LogP) is 7.23. The third kappa shape index (κ3) is 5.30. The first kappa shape index (κ1) is 25.2. The van der Waals surface area contributed by atoms with Gasteiger partial charge in [0.05, 0.1) is 0 Å². The molecule has 3 heterocycles. The number of benzene rings is 2. The maximum Gasteiger partial charge on any atom is 0.268 e. The van der Waals surface area contributed by atoms with Crippen LogP contribution < -0.4 is 10.2 Å². The Morgan fingerprint density at radius 3 is 2.46 bits per heavy atom. The van der Waals surface area contributed by atoms with E-state index in [-0.39, 0.29) is 5.91 Å². The fraction of sp³-hybridized carbons (Fsp3) is 0.281. The number of hydrogen-bond donors (Lipinski definition) is 1. The van der Waals surface area contributed by atoms with Gasteiger partial charge in [-0.15, -0.1) is 0 Å². The third-order valence-corrected chi connectivity index (χ3v) is 7.88. The molecule has 0 saturated carbocycles. The van der Waals surface area contributed by atoms with Crippen molar-refractivity contribution in [2.75, 3.05) is 18.0 Å². The van der Waals surface area contributed by atoms with Gasteiger partial charge in [0, 0.05) is 42.2 Å². The molecule has 2 aromatic rings. The molecule has 0 radical (unpaired) electrons. The summed E-state index contributed by atoms with van der Waals surface area (Å²) in [5, 5.41) is 3.94. The lowest BCUT2D eigenvalue weighted by atomic mass is 9.89. The van der Waals surface area contributed by atoms with Crippen molar-refractivity contribution in [2.24, 2.45) is 0 Å². The Hall–Kier alpha value is -3.50. The van der Waals surface area contributed by atoms with E-state index in [9.17, 15) is 4.79 Å². The summed E-state index contributed by atoms with van der Waals surface area (Å²) in [6, 6.07) is 16.9. The molecule has 5 heteroatoms. The summed E-state index contributed by atoms with van der Waals surface area (Å²) in [6.45, 7) is 10.9. The molecule has 0 bridgehead atoms. The summed E-state index contributed by atoms with van der Waals surface area (Å²) in [5.74, 6) is 0.516. The minimum absolute atomic E-state index is 0.0729. The van der Waals surface area contributed by atoms with E-state index in [1.54, 1.807) is 0 Å². The van der Waals surface area contributed by atoms with Gasteiger partial charge < -0.3 is 15.1 Å². The van der Waals surface area contributed by atoms with Crippen LogP contribution in [0.25, 0.3) is 0 Å². The second kappa shape index (κ2) is 10.9. The summed E-state index contributed by atoms with van der Waals surface area (Å²) in [5.41, 5.74) is 8.41. The molecule has 0 atom stereocenters. The molecule has 3 aliphatic rings. The van der Waals surface area contributed by atoms with Crippen molar-refractivity contribution >= 4 is 23.2 Å². The number of amides is 1. The van der Waals surface area contributed by atoms with Crippen molar-refractivity contribution < 1.29 is 4.79 Å². The van der Waals surface area contributed by atoms with Crippen molar-refractivity contribution in [3.8, 4) is 0 Å². The molecule has 1 saturated heterocycles. The van der Waals surface area contributed by atoms with Crippen LogP contribution in [0.5, 0.6) is 0 Å². The standard InChI is InChI=1S/C32H34ClN3O/c1-4-29-23(3)20-30-22(2)6-5-17-36(30)31(29)32(37)34-21-24-7-13-28(14-8-24)35-18-15-26(16-19-35)25-9-11-27(33)12-10-25/h5-14,17,20,26H,3-4,15-16,18-19,21H2,1-2H3,(H,34,37). The number of carbonyl (C=O) groups excluding carboxylic acids is 1. The highest BCUT2D eigenvalue weighted by Gasteiger charge is 2.29. The molecule has 1 N–H and O–H groups in total. The number of hydrogen-bond acceptors (Lipinski definition) is 3. The lowest BCUT2D eigenvalue weighted by Crippen LogP contribution is -2.36. The zero-order valence-corrected chi connectivity index (χ0v) is 22.4. The quantitative estimate of drug-likeness (QED) is 0.444. The Bertz CT molecular complexity index is 1310. The van der Waals surface area contributed by atoms with Gasteiger partial charge in [-0.3, -0.25) is 4.79 Å². The molecular formula is C32H34ClN3O. The number of nitrogens with one attached hydrogen (secondary N) is 1. The second-order valence-electron chi connectivity index (χ2n) is 9.96. The molecule has 190 valence electrons. The molecular weight excluding hydrogens is 478 g/mol. The van der Waals surface area contributed by atoms with Crippen LogP contribution in [0.4, 0.5) is 5.69 Å². The Morgan fingerprint density at radius 1 is 1.08 bits per heavy atom. The second-order valence-corrected chi connectivity index (χ2v) is 10.4. The average molecular weight is 512 g/mol. The number of halogens is 1. The van der Waals surface area contributed by atoms with Gasteiger partial charge in [0.2, 0.25) is 0 Å². The molecule has 3 aliphatic heterocycles. The van der Waals surface area contributed by atoms with Crippen molar-refractivity contribution in [1.29, 1.82) is 0 Å². The third-order valence-electron chi connectivity index (χ3n) is 7.63. The number of carbonyl (C=O) groups is 1. The van der Waals surface area contributed by atoms with Crippen molar-refractivity contribution in [1.82, 2.24) is 10.2 Å². The molecule has 0 spiro atoms.